The van der Waals surface area contributed by atoms with Crippen LogP contribution >= 0.6 is 0 Å². The first-order valence-corrected chi connectivity index (χ1v) is 9.41. The fourth-order valence-electron chi connectivity index (χ4n) is 4.18. The van der Waals surface area contributed by atoms with Gasteiger partial charge in [0.15, 0.2) is 5.65 Å². The lowest BCUT2D eigenvalue weighted by Crippen LogP contribution is -2.14. The Morgan fingerprint density at radius 3 is 2.70 bits per heavy atom. The normalized spacial score (nSPS) is 17.0. The predicted octanol–water partition coefficient (Wildman–Crippen LogP) is 4.29. The number of nitrogens with zero attached hydrogens (tertiary/aromatic N) is 3. The molecule has 1 unspecified atom stereocenters. The molecule has 0 saturated carbocycles. The van der Waals surface area contributed by atoms with E-state index in [0.717, 1.165) is 46.8 Å². The van der Waals surface area contributed by atoms with Crippen molar-refractivity contribution in [2.45, 2.75) is 25.8 Å². The highest BCUT2D eigenvalue weighted by atomic mass is 16.5. The molecule has 1 aliphatic rings. The summed E-state index contributed by atoms with van der Waals surface area (Å²) in [6.07, 6.45) is 2.33. The quantitative estimate of drug-likeness (QED) is 0.593. The summed E-state index contributed by atoms with van der Waals surface area (Å²) >= 11 is 0. The number of methoxy groups -OCH3 is 1. The lowest BCUT2D eigenvalue weighted by Gasteiger charge is -2.16. The Labute approximate surface area is 158 Å². The molecule has 136 valence electrons. The topological polar surface area (TPSA) is 51.5 Å². The van der Waals surface area contributed by atoms with Crippen LogP contribution in [-0.2, 0) is 0 Å². The molecular weight excluding hydrogens is 336 g/mol. The number of fused-ring (bicyclic) bond motifs is 3. The third kappa shape index (κ3) is 2.58. The second-order valence-electron chi connectivity index (χ2n) is 7.13. The van der Waals surface area contributed by atoms with Gasteiger partial charge in [-0.15, -0.1) is 10.2 Å². The maximum atomic E-state index is 5.74. The molecular formula is C22H22N4O. The van der Waals surface area contributed by atoms with Gasteiger partial charge in [0.2, 0.25) is 0 Å². The lowest BCUT2D eigenvalue weighted by molar-refractivity contribution is 0.417. The smallest absolute Gasteiger partial charge is 0.166 e. The van der Waals surface area contributed by atoms with Crippen LogP contribution in [0.4, 0.5) is 0 Å². The molecule has 1 N–H and O–H groups in total. The number of nitrogens with one attached hydrogen (secondary N) is 1. The monoisotopic (exact) mass is 358 g/mol. The summed E-state index contributed by atoms with van der Waals surface area (Å²) < 4.78 is 7.89. The van der Waals surface area contributed by atoms with Gasteiger partial charge in [-0.2, -0.15) is 0 Å². The van der Waals surface area contributed by atoms with Crippen molar-refractivity contribution in [1.29, 1.82) is 0 Å². The maximum Gasteiger partial charge on any atom is 0.166 e. The van der Waals surface area contributed by atoms with Crippen molar-refractivity contribution in [1.82, 2.24) is 19.9 Å². The van der Waals surface area contributed by atoms with E-state index in [2.05, 4.69) is 62.4 Å². The van der Waals surface area contributed by atoms with Crippen LogP contribution in [0.5, 0.6) is 5.75 Å². The van der Waals surface area contributed by atoms with E-state index < -0.39 is 0 Å². The summed E-state index contributed by atoms with van der Waals surface area (Å²) in [5, 5.41) is 13.6. The zero-order valence-corrected chi connectivity index (χ0v) is 15.6. The summed E-state index contributed by atoms with van der Waals surface area (Å²) in [6, 6.07) is 17.3. The Kier molecular flexibility index (Phi) is 3.83. The molecule has 0 spiro atoms. The lowest BCUT2D eigenvalue weighted by atomic mass is 9.99. The van der Waals surface area contributed by atoms with Crippen molar-refractivity contribution in [3.63, 3.8) is 0 Å². The highest BCUT2D eigenvalue weighted by Crippen LogP contribution is 2.37. The number of rotatable bonds is 3. The van der Waals surface area contributed by atoms with E-state index in [1.165, 1.54) is 17.4 Å². The van der Waals surface area contributed by atoms with Crippen LogP contribution < -0.4 is 10.1 Å². The van der Waals surface area contributed by atoms with Gasteiger partial charge in [-0.1, -0.05) is 30.3 Å². The highest BCUT2D eigenvalue weighted by molar-refractivity contribution is 5.91. The van der Waals surface area contributed by atoms with E-state index in [1.807, 2.05) is 13.0 Å². The largest absolute Gasteiger partial charge is 0.496 e. The van der Waals surface area contributed by atoms with Gasteiger partial charge < -0.3 is 10.1 Å². The minimum Gasteiger partial charge on any atom is -0.496 e. The molecule has 1 aliphatic heterocycles. The zero-order valence-electron chi connectivity index (χ0n) is 15.6. The fourth-order valence-corrected chi connectivity index (χ4v) is 4.18. The molecule has 2 aromatic carbocycles. The molecule has 1 saturated heterocycles. The Balaban J connectivity index is 1.83. The Hall–Kier alpha value is -2.92. The highest BCUT2D eigenvalue weighted by Gasteiger charge is 2.23. The van der Waals surface area contributed by atoms with Crippen molar-refractivity contribution in [2.24, 2.45) is 0 Å². The molecule has 1 atom stereocenters. The van der Waals surface area contributed by atoms with E-state index in [-0.39, 0.29) is 0 Å². The molecule has 5 heteroatoms. The number of benzene rings is 2. The molecule has 0 radical (unpaired) electrons. The van der Waals surface area contributed by atoms with E-state index in [4.69, 9.17) is 4.74 Å². The predicted molar refractivity (Wildman–Crippen MR) is 107 cm³/mol. The van der Waals surface area contributed by atoms with Gasteiger partial charge in [0.05, 0.1) is 12.6 Å². The number of aryl methyl sites for hydroxylation is 1. The average Bonchev–Trinajstić information content (AvgIpc) is 3.37. The second-order valence-corrected chi connectivity index (χ2v) is 7.13. The SMILES string of the molecule is COc1cc2c(cc1-c1ccccc1)cc(C1CCCN1)c1nnc(C)n12. The first kappa shape index (κ1) is 16.3. The summed E-state index contributed by atoms with van der Waals surface area (Å²) in [7, 11) is 1.72. The van der Waals surface area contributed by atoms with Crippen LogP contribution in [0.1, 0.15) is 30.3 Å². The van der Waals surface area contributed by atoms with E-state index >= 15 is 0 Å². The Morgan fingerprint density at radius 2 is 1.96 bits per heavy atom. The van der Waals surface area contributed by atoms with Crippen LogP contribution in [0, 0.1) is 6.92 Å². The molecule has 3 heterocycles. The van der Waals surface area contributed by atoms with Gasteiger partial charge in [0, 0.05) is 23.2 Å². The number of hydrogen-bond donors (Lipinski definition) is 1. The second kappa shape index (κ2) is 6.35. The molecule has 1 fully saturated rings. The van der Waals surface area contributed by atoms with E-state index in [1.54, 1.807) is 7.11 Å². The molecule has 27 heavy (non-hydrogen) atoms. The minimum atomic E-state index is 0.336. The fraction of sp³-hybridized carbons (Fsp3) is 0.273. The van der Waals surface area contributed by atoms with Gasteiger partial charge in [-0.25, -0.2) is 0 Å². The maximum absolute atomic E-state index is 5.74. The van der Waals surface area contributed by atoms with Gasteiger partial charge in [-0.3, -0.25) is 4.40 Å². The van der Waals surface area contributed by atoms with Gasteiger partial charge >= 0.3 is 0 Å². The summed E-state index contributed by atoms with van der Waals surface area (Å²) in [4.78, 5) is 0. The van der Waals surface area contributed by atoms with Crippen molar-refractivity contribution in [3.8, 4) is 16.9 Å². The number of ether oxygens (including phenoxy) is 1. The number of hydrogen-bond acceptors (Lipinski definition) is 4. The van der Waals surface area contributed by atoms with E-state index in [9.17, 15) is 0 Å². The van der Waals surface area contributed by atoms with Crippen LogP contribution in [0.25, 0.3) is 27.7 Å². The van der Waals surface area contributed by atoms with Crippen molar-refractivity contribution < 1.29 is 4.74 Å². The minimum absolute atomic E-state index is 0.336. The van der Waals surface area contributed by atoms with Gasteiger partial charge in [0.25, 0.3) is 0 Å². The molecule has 2 aromatic heterocycles. The molecule has 5 nitrogen and oxygen atoms in total. The number of pyridine rings is 1. The first-order valence-electron chi connectivity index (χ1n) is 9.41. The van der Waals surface area contributed by atoms with Crippen molar-refractivity contribution >= 4 is 16.6 Å². The zero-order chi connectivity index (χ0) is 18.4. The third-order valence-electron chi connectivity index (χ3n) is 5.50. The van der Waals surface area contributed by atoms with Crippen LogP contribution in [-0.4, -0.2) is 28.3 Å². The molecule has 0 bridgehead atoms. The summed E-state index contributed by atoms with van der Waals surface area (Å²) in [5.74, 6) is 1.75. The van der Waals surface area contributed by atoms with E-state index in [0.29, 0.717) is 6.04 Å². The Morgan fingerprint density at radius 1 is 1.11 bits per heavy atom. The Bertz CT molecular complexity index is 1130. The van der Waals surface area contributed by atoms with Crippen molar-refractivity contribution in [3.05, 3.63) is 59.9 Å². The van der Waals surface area contributed by atoms with Crippen LogP contribution in [0.2, 0.25) is 0 Å². The molecule has 5 rings (SSSR count). The van der Waals surface area contributed by atoms with Crippen molar-refractivity contribution in [2.75, 3.05) is 13.7 Å². The van der Waals surface area contributed by atoms with Gasteiger partial charge in [-0.05, 0) is 49.4 Å². The number of aromatic nitrogens is 3. The molecule has 4 aromatic rings. The van der Waals surface area contributed by atoms with Crippen LogP contribution in [0.3, 0.4) is 0 Å². The standard InChI is InChI=1S/C22H22N4O/c1-14-24-25-22-18(19-9-6-10-23-19)12-16-11-17(15-7-4-3-5-8-15)21(27-2)13-20(16)26(14)22/h3-5,7-8,11-13,19,23H,6,9-10H2,1-2H3. The molecule has 0 aliphatic carbocycles. The first-order chi connectivity index (χ1) is 13.3. The molecule has 0 amide bonds. The van der Waals surface area contributed by atoms with Crippen LogP contribution in [0.15, 0.2) is 48.5 Å². The average molecular weight is 358 g/mol. The van der Waals surface area contributed by atoms with Gasteiger partial charge in [0.1, 0.15) is 11.6 Å². The third-order valence-corrected chi connectivity index (χ3v) is 5.50. The summed E-state index contributed by atoms with van der Waals surface area (Å²) in [6.45, 7) is 3.06. The summed E-state index contributed by atoms with van der Waals surface area (Å²) in [5.41, 5.74) is 5.49.